The van der Waals surface area contributed by atoms with Crippen molar-refractivity contribution in [2.24, 2.45) is 0 Å². The van der Waals surface area contributed by atoms with E-state index in [9.17, 15) is 0 Å². The lowest BCUT2D eigenvalue weighted by molar-refractivity contribution is 1.07. The summed E-state index contributed by atoms with van der Waals surface area (Å²) in [5.41, 5.74) is 11.7. The number of hydrogen-bond acceptors (Lipinski definition) is 3. The van der Waals surface area contributed by atoms with Gasteiger partial charge in [-0.25, -0.2) is 15.0 Å². The first kappa shape index (κ1) is 31.9. The van der Waals surface area contributed by atoms with Crippen LogP contribution >= 0.6 is 0 Å². The molecule has 0 fully saturated rings. The van der Waals surface area contributed by atoms with Crippen LogP contribution in [0.1, 0.15) is 0 Å². The zero-order valence-corrected chi connectivity index (χ0v) is 30.3. The van der Waals surface area contributed by atoms with Crippen molar-refractivity contribution in [3.05, 3.63) is 200 Å². The van der Waals surface area contributed by atoms with Gasteiger partial charge < -0.3 is 9.13 Å². The van der Waals surface area contributed by atoms with Gasteiger partial charge in [0.2, 0.25) is 0 Å². The summed E-state index contributed by atoms with van der Waals surface area (Å²) in [5, 5.41) is 4.74. The molecule has 5 heteroatoms. The number of fused-ring (bicyclic) bond motifs is 6. The van der Waals surface area contributed by atoms with Crippen LogP contribution in [0.2, 0.25) is 0 Å². The molecule has 0 amide bonds. The predicted molar refractivity (Wildman–Crippen MR) is 230 cm³/mol. The third-order valence-corrected chi connectivity index (χ3v) is 10.8. The summed E-state index contributed by atoms with van der Waals surface area (Å²) < 4.78 is 4.71. The second kappa shape index (κ2) is 13.0. The van der Waals surface area contributed by atoms with E-state index in [2.05, 4.69) is 173 Å². The van der Waals surface area contributed by atoms with Crippen LogP contribution in [0.25, 0.3) is 100 Å². The molecule has 11 rings (SSSR count). The van der Waals surface area contributed by atoms with Crippen LogP contribution in [0.5, 0.6) is 0 Å². The number of benzene rings is 8. The fourth-order valence-electron chi connectivity index (χ4n) is 8.22. The molecule has 8 aromatic carbocycles. The molecule has 0 aliphatic heterocycles. The first-order chi connectivity index (χ1) is 27.8. The molecule has 3 aromatic heterocycles. The summed E-state index contributed by atoms with van der Waals surface area (Å²) in [6.07, 6.45) is 0. The summed E-state index contributed by atoms with van der Waals surface area (Å²) in [5.74, 6) is 1.88. The lowest BCUT2D eigenvalue weighted by Gasteiger charge is -2.15. The Labute approximate surface area is 323 Å². The Morgan fingerprint density at radius 1 is 0.268 bits per heavy atom. The maximum Gasteiger partial charge on any atom is 0.164 e. The van der Waals surface area contributed by atoms with Gasteiger partial charge in [0, 0.05) is 49.6 Å². The molecule has 3 heterocycles. The van der Waals surface area contributed by atoms with Gasteiger partial charge in [0.15, 0.2) is 17.5 Å². The number of aromatic nitrogens is 5. The zero-order valence-electron chi connectivity index (χ0n) is 30.3. The van der Waals surface area contributed by atoms with E-state index in [0.29, 0.717) is 17.5 Å². The minimum atomic E-state index is 0.617. The average molecular weight is 716 g/mol. The molecule has 0 aliphatic rings. The van der Waals surface area contributed by atoms with Crippen LogP contribution in [-0.4, -0.2) is 24.1 Å². The van der Waals surface area contributed by atoms with E-state index in [1.807, 2.05) is 36.4 Å². The van der Waals surface area contributed by atoms with Gasteiger partial charge in [0.1, 0.15) is 0 Å². The predicted octanol–water partition coefficient (Wildman–Crippen LogP) is 12.7. The average Bonchev–Trinajstić information content (AvgIpc) is 3.79. The monoisotopic (exact) mass is 715 g/mol. The Balaban J connectivity index is 1.24. The van der Waals surface area contributed by atoms with Crippen molar-refractivity contribution in [2.45, 2.75) is 0 Å². The molecular formula is C51H33N5. The molecule has 0 saturated heterocycles. The van der Waals surface area contributed by atoms with Crippen LogP contribution in [-0.2, 0) is 0 Å². The van der Waals surface area contributed by atoms with Crippen molar-refractivity contribution >= 4 is 43.6 Å². The standard InChI is InChI=1S/C51H33N5/c1-5-17-34(18-6-1)49-52-50(35-19-7-2-8-20-35)54-51(53-49)44-33-48-43(40-26-14-16-28-46(40)56(48)38-23-11-4-12-24-38)32-41(44)36-29-30-47-42(31-36)39-25-13-15-27-45(39)55(47)37-21-9-3-10-22-37/h1-33H. The molecule has 0 saturated carbocycles. The quantitative estimate of drug-likeness (QED) is 0.172. The highest BCUT2D eigenvalue weighted by Gasteiger charge is 2.22. The van der Waals surface area contributed by atoms with Crippen LogP contribution in [0, 0.1) is 0 Å². The molecular weight excluding hydrogens is 683 g/mol. The molecule has 0 unspecified atom stereocenters. The van der Waals surface area contributed by atoms with Crippen molar-refractivity contribution in [3.8, 4) is 56.7 Å². The largest absolute Gasteiger partial charge is 0.309 e. The minimum absolute atomic E-state index is 0.617. The number of para-hydroxylation sites is 4. The third-order valence-electron chi connectivity index (χ3n) is 10.8. The zero-order chi connectivity index (χ0) is 37.0. The van der Waals surface area contributed by atoms with E-state index in [1.165, 1.54) is 21.7 Å². The minimum Gasteiger partial charge on any atom is -0.309 e. The van der Waals surface area contributed by atoms with E-state index in [1.54, 1.807) is 0 Å². The molecule has 5 nitrogen and oxygen atoms in total. The first-order valence-corrected chi connectivity index (χ1v) is 18.9. The van der Waals surface area contributed by atoms with Crippen molar-refractivity contribution < 1.29 is 0 Å². The van der Waals surface area contributed by atoms with Gasteiger partial charge in [0.05, 0.1) is 22.1 Å². The van der Waals surface area contributed by atoms with E-state index >= 15 is 0 Å². The highest BCUT2D eigenvalue weighted by Crippen LogP contribution is 2.42. The topological polar surface area (TPSA) is 48.5 Å². The Bertz CT molecular complexity index is 3160. The Hall–Kier alpha value is -7.63. The third kappa shape index (κ3) is 5.21. The molecule has 0 N–H and O–H groups in total. The van der Waals surface area contributed by atoms with Crippen LogP contribution in [0.3, 0.4) is 0 Å². The Kier molecular flexibility index (Phi) is 7.42. The maximum absolute atomic E-state index is 5.27. The highest BCUT2D eigenvalue weighted by molar-refractivity contribution is 6.14. The molecule has 0 radical (unpaired) electrons. The first-order valence-electron chi connectivity index (χ1n) is 18.9. The number of hydrogen-bond donors (Lipinski definition) is 0. The van der Waals surface area contributed by atoms with E-state index in [4.69, 9.17) is 15.0 Å². The van der Waals surface area contributed by atoms with Gasteiger partial charge in [-0.2, -0.15) is 0 Å². The smallest absolute Gasteiger partial charge is 0.164 e. The van der Waals surface area contributed by atoms with Crippen molar-refractivity contribution in [3.63, 3.8) is 0 Å². The van der Waals surface area contributed by atoms with E-state index in [-0.39, 0.29) is 0 Å². The van der Waals surface area contributed by atoms with Crippen LogP contribution in [0.4, 0.5) is 0 Å². The molecule has 0 aliphatic carbocycles. The van der Waals surface area contributed by atoms with Gasteiger partial charge in [0.25, 0.3) is 0 Å². The van der Waals surface area contributed by atoms with Crippen LogP contribution in [0.15, 0.2) is 200 Å². The van der Waals surface area contributed by atoms with Gasteiger partial charge in [-0.05, 0) is 71.8 Å². The van der Waals surface area contributed by atoms with E-state index in [0.717, 1.165) is 61.1 Å². The Morgan fingerprint density at radius 2 is 0.696 bits per heavy atom. The summed E-state index contributed by atoms with van der Waals surface area (Å²) in [6, 6.07) is 70.4. The summed E-state index contributed by atoms with van der Waals surface area (Å²) >= 11 is 0. The molecule has 0 bridgehead atoms. The van der Waals surface area contributed by atoms with Crippen molar-refractivity contribution in [1.29, 1.82) is 0 Å². The number of rotatable bonds is 6. The molecule has 11 aromatic rings. The molecule has 56 heavy (non-hydrogen) atoms. The van der Waals surface area contributed by atoms with Gasteiger partial charge in [-0.1, -0.05) is 140 Å². The number of nitrogens with zero attached hydrogens (tertiary/aromatic N) is 5. The van der Waals surface area contributed by atoms with Gasteiger partial charge >= 0.3 is 0 Å². The second-order valence-electron chi connectivity index (χ2n) is 14.1. The molecule has 0 spiro atoms. The lowest BCUT2D eigenvalue weighted by Crippen LogP contribution is -2.02. The fraction of sp³-hybridized carbons (Fsp3) is 0. The molecule has 262 valence electrons. The second-order valence-corrected chi connectivity index (χ2v) is 14.1. The highest BCUT2D eigenvalue weighted by atomic mass is 15.0. The summed E-state index contributed by atoms with van der Waals surface area (Å²) in [4.78, 5) is 15.6. The maximum atomic E-state index is 5.27. The fourth-order valence-corrected chi connectivity index (χ4v) is 8.22. The Morgan fingerprint density at radius 3 is 1.25 bits per heavy atom. The summed E-state index contributed by atoms with van der Waals surface area (Å²) in [7, 11) is 0. The SMILES string of the molecule is c1ccc(-c2nc(-c3ccccc3)nc(-c3cc4c(cc3-c3ccc5c(c3)c3ccccc3n5-c3ccccc3)c3ccccc3n4-c3ccccc3)n2)cc1. The van der Waals surface area contributed by atoms with Gasteiger partial charge in [-0.15, -0.1) is 0 Å². The van der Waals surface area contributed by atoms with Crippen molar-refractivity contribution in [1.82, 2.24) is 24.1 Å². The summed E-state index contributed by atoms with van der Waals surface area (Å²) in [6.45, 7) is 0. The normalized spacial score (nSPS) is 11.6. The van der Waals surface area contributed by atoms with Crippen molar-refractivity contribution in [2.75, 3.05) is 0 Å². The van der Waals surface area contributed by atoms with Gasteiger partial charge in [-0.3, -0.25) is 0 Å². The molecule has 0 atom stereocenters. The van der Waals surface area contributed by atoms with Crippen LogP contribution < -0.4 is 0 Å². The lowest BCUT2D eigenvalue weighted by atomic mass is 9.95. The van der Waals surface area contributed by atoms with E-state index < -0.39 is 0 Å².